The third-order valence-corrected chi connectivity index (χ3v) is 3.35. The predicted molar refractivity (Wildman–Crippen MR) is 74.8 cm³/mol. The van der Waals surface area contributed by atoms with Gasteiger partial charge < -0.3 is 11.1 Å². The first kappa shape index (κ1) is 13.9. The highest BCUT2D eigenvalue weighted by atomic mass is 32.1. The molecular formula is C13H19FN2S. The standard InChI is InChI=1S/C13H19FN2S/c1-4-8(2)9(3)16-12-6-5-10(14)7-11(12)13(15)17/h5-9,16H,4H2,1-3H3,(H2,15,17). The van der Waals surface area contributed by atoms with Gasteiger partial charge in [-0.15, -0.1) is 0 Å². The zero-order chi connectivity index (χ0) is 13.0. The minimum atomic E-state index is -0.324. The fraction of sp³-hybridized carbons (Fsp3) is 0.462. The molecule has 0 aromatic heterocycles. The van der Waals surface area contributed by atoms with Crippen LogP contribution in [0.1, 0.15) is 32.8 Å². The summed E-state index contributed by atoms with van der Waals surface area (Å²) in [6.07, 6.45) is 1.08. The summed E-state index contributed by atoms with van der Waals surface area (Å²) in [5.41, 5.74) is 6.96. The van der Waals surface area contributed by atoms with Crippen LogP contribution < -0.4 is 11.1 Å². The Morgan fingerprint density at radius 1 is 1.47 bits per heavy atom. The normalized spacial score (nSPS) is 14.1. The first-order chi connectivity index (χ1) is 7.95. The number of hydrogen-bond acceptors (Lipinski definition) is 2. The van der Waals surface area contributed by atoms with Crippen molar-refractivity contribution >= 4 is 22.9 Å². The van der Waals surface area contributed by atoms with Crippen molar-refractivity contribution in [3.8, 4) is 0 Å². The molecule has 0 radical (unpaired) electrons. The molecule has 3 N–H and O–H groups in total. The molecule has 1 aromatic rings. The first-order valence-corrected chi connectivity index (χ1v) is 6.22. The molecule has 1 rings (SSSR count). The third kappa shape index (κ3) is 3.66. The van der Waals surface area contributed by atoms with E-state index >= 15 is 0 Å². The molecule has 17 heavy (non-hydrogen) atoms. The van der Waals surface area contributed by atoms with Crippen LogP contribution in [-0.4, -0.2) is 11.0 Å². The first-order valence-electron chi connectivity index (χ1n) is 5.81. The highest BCUT2D eigenvalue weighted by molar-refractivity contribution is 7.80. The zero-order valence-corrected chi connectivity index (χ0v) is 11.3. The maximum absolute atomic E-state index is 13.1. The van der Waals surface area contributed by atoms with Crippen molar-refractivity contribution < 1.29 is 4.39 Å². The van der Waals surface area contributed by atoms with Gasteiger partial charge in [0, 0.05) is 17.3 Å². The lowest BCUT2D eigenvalue weighted by atomic mass is 10.00. The summed E-state index contributed by atoms with van der Waals surface area (Å²) in [4.78, 5) is 0.211. The zero-order valence-electron chi connectivity index (χ0n) is 10.5. The number of benzene rings is 1. The second kappa shape index (κ2) is 5.96. The Balaban J connectivity index is 2.94. The van der Waals surface area contributed by atoms with Gasteiger partial charge in [-0.25, -0.2) is 4.39 Å². The monoisotopic (exact) mass is 254 g/mol. The van der Waals surface area contributed by atoms with E-state index in [4.69, 9.17) is 18.0 Å². The SMILES string of the molecule is CCC(C)C(C)Nc1ccc(F)cc1C(N)=S. The molecule has 0 fully saturated rings. The smallest absolute Gasteiger partial charge is 0.124 e. The summed E-state index contributed by atoms with van der Waals surface area (Å²) in [6, 6.07) is 4.75. The van der Waals surface area contributed by atoms with Gasteiger partial charge >= 0.3 is 0 Å². The fourth-order valence-corrected chi connectivity index (χ4v) is 1.76. The lowest BCUT2D eigenvalue weighted by Gasteiger charge is -2.22. The summed E-state index contributed by atoms with van der Waals surface area (Å²) in [6.45, 7) is 6.41. The van der Waals surface area contributed by atoms with Crippen LogP contribution >= 0.6 is 12.2 Å². The van der Waals surface area contributed by atoms with Gasteiger partial charge in [-0.2, -0.15) is 0 Å². The molecule has 0 aliphatic carbocycles. The molecule has 94 valence electrons. The quantitative estimate of drug-likeness (QED) is 0.792. The molecule has 0 saturated carbocycles. The molecule has 0 saturated heterocycles. The molecule has 0 amide bonds. The average Bonchev–Trinajstić information content (AvgIpc) is 2.29. The van der Waals surface area contributed by atoms with E-state index < -0.39 is 0 Å². The van der Waals surface area contributed by atoms with Crippen LogP contribution in [-0.2, 0) is 0 Å². The molecule has 2 unspecified atom stereocenters. The van der Waals surface area contributed by atoms with Gasteiger partial charge in [-0.1, -0.05) is 32.5 Å². The van der Waals surface area contributed by atoms with Crippen molar-refractivity contribution in [2.24, 2.45) is 11.7 Å². The van der Waals surface area contributed by atoms with Gasteiger partial charge in [0.2, 0.25) is 0 Å². The number of rotatable bonds is 5. The Kier molecular flexibility index (Phi) is 4.87. The summed E-state index contributed by atoms with van der Waals surface area (Å²) in [7, 11) is 0. The lowest BCUT2D eigenvalue weighted by Crippen LogP contribution is -2.25. The highest BCUT2D eigenvalue weighted by Gasteiger charge is 2.13. The Hall–Kier alpha value is -1.16. The van der Waals surface area contributed by atoms with E-state index in [0.717, 1.165) is 12.1 Å². The number of nitrogens with two attached hydrogens (primary N) is 1. The molecule has 0 spiro atoms. The average molecular weight is 254 g/mol. The van der Waals surface area contributed by atoms with Crippen molar-refractivity contribution in [1.29, 1.82) is 0 Å². The molecule has 0 heterocycles. The molecule has 1 aromatic carbocycles. The van der Waals surface area contributed by atoms with E-state index in [0.29, 0.717) is 17.5 Å². The summed E-state index contributed by atoms with van der Waals surface area (Å²) in [5.74, 6) is 0.203. The van der Waals surface area contributed by atoms with Crippen molar-refractivity contribution in [2.45, 2.75) is 33.2 Å². The maximum atomic E-state index is 13.1. The number of anilines is 1. The number of thiocarbonyl (C=S) groups is 1. The van der Waals surface area contributed by atoms with Crippen molar-refractivity contribution in [3.63, 3.8) is 0 Å². The van der Waals surface area contributed by atoms with Crippen LogP contribution in [0.15, 0.2) is 18.2 Å². The molecule has 0 aliphatic heterocycles. The van der Waals surface area contributed by atoms with Gasteiger partial charge in [-0.3, -0.25) is 0 Å². The molecule has 0 aliphatic rings. The van der Waals surface area contributed by atoms with Crippen molar-refractivity contribution in [2.75, 3.05) is 5.32 Å². The maximum Gasteiger partial charge on any atom is 0.124 e. The van der Waals surface area contributed by atoms with Crippen molar-refractivity contribution in [3.05, 3.63) is 29.6 Å². The number of nitrogens with one attached hydrogen (secondary N) is 1. The fourth-order valence-electron chi connectivity index (χ4n) is 1.59. The second-order valence-corrected chi connectivity index (χ2v) is 4.81. The molecular weight excluding hydrogens is 235 g/mol. The van der Waals surface area contributed by atoms with E-state index in [1.165, 1.54) is 12.1 Å². The van der Waals surface area contributed by atoms with Crippen LogP contribution in [0, 0.1) is 11.7 Å². The van der Waals surface area contributed by atoms with Gasteiger partial charge in [0.1, 0.15) is 10.8 Å². The number of hydrogen-bond donors (Lipinski definition) is 2. The topological polar surface area (TPSA) is 38.0 Å². The molecule has 2 nitrogen and oxygen atoms in total. The van der Waals surface area contributed by atoms with E-state index in [2.05, 4.69) is 26.1 Å². The molecule has 0 bridgehead atoms. The van der Waals surface area contributed by atoms with Crippen LogP contribution in [0.4, 0.5) is 10.1 Å². The summed E-state index contributed by atoms with van der Waals surface area (Å²) in [5, 5.41) is 3.34. The van der Waals surface area contributed by atoms with Gasteiger partial charge in [0.25, 0.3) is 0 Å². The largest absolute Gasteiger partial charge is 0.389 e. The van der Waals surface area contributed by atoms with Crippen LogP contribution in [0.5, 0.6) is 0 Å². The van der Waals surface area contributed by atoms with Crippen LogP contribution in [0.25, 0.3) is 0 Å². The van der Waals surface area contributed by atoms with Gasteiger partial charge in [0.05, 0.1) is 0 Å². The van der Waals surface area contributed by atoms with Crippen molar-refractivity contribution in [1.82, 2.24) is 0 Å². The summed E-state index contributed by atoms with van der Waals surface area (Å²) >= 11 is 4.93. The third-order valence-electron chi connectivity index (χ3n) is 3.13. The van der Waals surface area contributed by atoms with E-state index in [9.17, 15) is 4.39 Å². The summed E-state index contributed by atoms with van der Waals surface area (Å²) < 4.78 is 13.1. The Labute approximate surface area is 107 Å². The predicted octanol–water partition coefficient (Wildman–Crippen LogP) is 3.31. The van der Waals surface area contributed by atoms with Crippen LogP contribution in [0.2, 0.25) is 0 Å². The lowest BCUT2D eigenvalue weighted by molar-refractivity contribution is 0.494. The Morgan fingerprint density at radius 2 is 2.12 bits per heavy atom. The molecule has 4 heteroatoms. The minimum Gasteiger partial charge on any atom is -0.389 e. The highest BCUT2D eigenvalue weighted by Crippen LogP contribution is 2.20. The van der Waals surface area contributed by atoms with Gasteiger partial charge in [-0.05, 0) is 31.0 Å². The second-order valence-electron chi connectivity index (χ2n) is 4.37. The number of halogens is 1. The molecule has 2 atom stereocenters. The van der Waals surface area contributed by atoms with Crippen LogP contribution in [0.3, 0.4) is 0 Å². The van der Waals surface area contributed by atoms with Gasteiger partial charge in [0.15, 0.2) is 0 Å². The Morgan fingerprint density at radius 3 is 2.65 bits per heavy atom. The van der Waals surface area contributed by atoms with E-state index in [1.54, 1.807) is 6.07 Å². The Bertz CT molecular complexity index is 406. The van der Waals surface area contributed by atoms with E-state index in [-0.39, 0.29) is 10.8 Å². The minimum absolute atomic E-state index is 0.211. The van der Waals surface area contributed by atoms with E-state index in [1.807, 2.05) is 0 Å².